The third kappa shape index (κ3) is 2.20. The van der Waals surface area contributed by atoms with Crippen LogP contribution in [0.1, 0.15) is 48.9 Å². The Hall–Kier alpha value is -0.830. The molecule has 1 aromatic carbocycles. The first-order valence-electron chi connectivity index (χ1n) is 7.70. The molecule has 0 atom stereocenters. The molecule has 1 amide bonds. The SMILES string of the molecule is O=C(NC12CC3CC(CC(C3)C1)C2)c1cccc(Br)c1. The largest absolute Gasteiger partial charge is 0.347 e. The lowest BCUT2D eigenvalue weighted by atomic mass is 9.53. The summed E-state index contributed by atoms with van der Waals surface area (Å²) in [5.41, 5.74) is 0.879. The average molecular weight is 334 g/mol. The molecule has 4 aliphatic rings. The molecule has 5 rings (SSSR count). The van der Waals surface area contributed by atoms with Gasteiger partial charge < -0.3 is 5.32 Å². The average Bonchev–Trinajstić information content (AvgIpc) is 2.36. The summed E-state index contributed by atoms with van der Waals surface area (Å²) in [4.78, 5) is 12.5. The third-order valence-electron chi connectivity index (χ3n) is 5.50. The molecule has 0 spiro atoms. The van der Waals surface area contributed by atoms with Crippen molar-refractivity contribution in [3.63, 3.8) is 0 Å². The van der Waals surface area contributed by atoms with Gasteiger partial charge in [-0.15, -0.1) is 0 Å². The van der Waals surface area contributed by atoms with Crippen LogP contribution in [0.4, 0.5) is 0 Å². The molecule has 0 aliphatic heterocycles. The van der Waals surface area contributed by atoms with Crippen molar-refractivity contribution in [3.05, 3.63) is 34.3 Å². The number of carbonyl (C=O) groups excluding carboxylic acids is 1. The molecule has 2 nitrogen and oxygen atoms in total. The highest BCUT2D eigenvalue weighted by molar-refractivity contribution is 9.10. The van der Waals surface area contributed by atoms with Crippen molar-refractivity contribution in [2.24, 2.45) is 17.8 Å². The van der Waals surface area contributed by atoms with Crippen molar-refractivity contribution in [1.29, 1.82) is 0 Å². The number of hydrogen-bond donors (Lipinski definition) is 1. The van der Waals surface area contributed by atoms with Crippen LogP contribution >= 0.6 is 15.9 Å². The maximum Gasteiger partial charge on any atom is 0.251 e. The molecule has 0 aromatic heterocycles. The van der Waals surface area contributed by atoms with Gasteiger partial charge in [-0.2, -0.15) is 0 Å². The van der Waals surface area contributed by atoms with Gasteiger partial charge in [-0.1, -0.05) is 22.0 Å². The minimum Gasteiger partial charge on any atom is -0.347 e. The van der Waals surface area contributed by atoms with Crippen molar-refractivity contribution in [1.82, 2.24) is 5.32 Å². The highest BCUT2D eigenvalue weighted by Gasteiger charge is 2.51. The summed E-state index contributed by atoms with van der Waals surface area (Å²) in [6.45, 7) is 0. The first-order valence-corrected chi connectivity index (χ1v) is 8.49. The van der Waals surface area contributed by atoms with Gasteiger partial charge in [0.05, 0.1) is 0 Å². The van der Waals surface area contributed by atoms with Crippen LogP contribution in [0.15, 0.2) is 28.7 Å². The van der Waals surface area contributed by atoms with Crippen LogP contribution in [-0.4, -0.2) is 11.4 Å². The number of amides is 1. The molecule has 0 heterocycles. The van der Waals surface area contributed by atoms with Gasteiger partial charge in [0, 0.05) is 15.6 Å². The van der Waals surface area contributed by atoms with Gasteiger partial charge in [-0.25, -0.2) is 0 Å². The van der Waals surface area contributed by atoms with Crippen LogP contribution in [0.25, 0.3) is 0 Å². The number of halogens is 1. The van der Waals surface area contributed by atoms with Crippen LogP contribution in [0.3, 0.4) is 0 Å². The smallest absolute Gasteiger partial charge is 0.251 e. The van der Waals surface area contributed by atoms with Gasteiger partial charge in [0.25, 0.3) is 5.91 Å². The zero-order valence-corrected chi connectivity index (χ0v) is 13.2. The lowest BCUT2D eigenvalue weighted by Crippen LogP contribution is -2.59. The third-order valence-corrected chi connectivity index (χ3v) is 6.00. The summed E-state index contributed by atoms with van der Waals surface area (Å²) in [5, 5.41) is 3.41. The first kappa shape index (κ1) is 12.9. The van der Waals surface area contributed by atoms with Crippen LogP contribution in [-0.2, 0) is 0 Å². The lowest BCUT2D eigenvalue weighted by Gasteiger charge is -2.56. The fourth-order valence-corrected chi connectivity index (χ4v) is 5.61. The summed E-state index contributed by atoms with van der Waals surface area (Å²) >= 11 is 3.44. The van der Waals surface area contributed by atoms with Crippen molar-refractivity contribution >= 4 is 21.8 Å². The first-order chi connectivity index (χ1) is 9.62. The molecule has 106 valence electrons. The Bertz CT molecular complexity index is 518. The zero-order chi connectivity index (χ0) is 13.7. The second kappa shape index (κ2) is 4.59. The second-order valence-electron chi connectivity index (χ2n) is 7.16. The van der Waals surface area contributed by atoms with Crippen LogP contribution in [0.5, 0.6) is 0 Å². The van der Waals surface area contributed by atoms with Gasteiger partial charge in [0.2, 0.25) is 0 Å². The number of carbonyl (C=O) groups is 1. The molecule has 0 unspecified atom stereocenters. The molecular formula is C17H20BrNO. The van der Waals surface area contributed by atoms with Crippen molar-refractivity contribution in [3.8, 4) is 0 Å². The van der Waals surface area contributed by atoms with Crippen LogP contribution in [0.2, 0.25) is 0 Å². The predicted octanol–water partition coefficient (Wildman–Crippen LogP) is 4.15. The molecule has 1 aromatic rings. The minimum absolute atomic E-state index is 0.105. The topological polar surface area (TPSA) is 29.1 Å². The zero-order valence-electron chi connectivity index (χ0n) is 11.6. The maximum absolute atomic E-state index is 12.5. The van der Waals surface area contributed by atoms with Crippen molar-refractivity contribution in [2.75, 3.05) is 0 Å². The number of benzene rings is 1. The van der Waals surface area contributed by atoms with E-state index in [-0.39, 0.29) is 11.4 Å². The molecule has 4 fully saturated rings. The van der Waals surface area contributed by atoms with E-state index < -0.39 is 0 Å². The predicted molar refractivity (Wildman–Crippen MR) is 82.5 cm³/mol. The van der Waals surface area contributed by atoms with Gasteiger partial charge >= 0.3 is 0 Å². The number of hydrogen-bond acceptors (Lipinski definition) is 1. The number of nitrogens with one attached hydrogen (secondary N) is 1. The molecule has 0 saturated heterocycles. The van der Waals surface area contributed by atoms with Crippen LogP contribution in [0, 0.1) is 17.8 Å². The van der Waals surface area contributed by atoms with Gasteiger partial charge in [0.1, 0.15) is 0 Å². The Kier molecular flexibility index (Phi) is 2.95. The van der Waals surface area contributed by atoms with Crippen molar-refractivity contribution in [2.45, 2.75) is 44.1 Å². The van der Waals surface area contributed by atoms with E-state index in [0.29, 0.717) is 0 Å². The summed E-state index contributed by atoms with van der Waals surface area (Å²) in [6, 6.07) is 7.70. The highest BCUT2D eigenvalue weighted by Crippen LogP contribution is 2.55. The van der Waals surface area contributed by atoms with E-state index in [1.54, 1.807) is 0 Å². The molecule has 20 heavy (non-hydrogen) atoms. The lowest BCUT2D eigenvalue weighted by molar-refractivity contribution is -0.0167. The maximum atomic E-state index is 12.5. The summed E-state index contributed by atoms with van der Waals surface area (Å²) < 4.78 is 0.968. The minimum atomic E-state index is 0.105. The van der Waals surface area contributed by atoms with E-state index in [1.807, 2.05) is 24.3 Å². The van der Waals surface area contributed by atoms with E-state index >= 15 is 0 Å². The van der Waals surface area contributed by atoms with E-state index in [1.165, 1.54) is 38.5 Å². The van der Waals surface area contributed by atoms with Gasteiger partial charge in [-0.05, 0) is 74.5 Å². The number of rotatable bonds is 2. The highest BCUT2D eigenvalue weighted by atomic mass is 79.9. The molecule has 4 saturated carbocycles. The molecular weight excluding hydrogens is 314 g/mol. The summed E-state index contributed by atoms with van der Waals surface area (Å²) in [7, 11) is 0. The molecule has 4 aliphatic carbocycles. The monoisotopic (exact) mass is 333 g/mol. The Morgan fingerprint density at radius 1 is 1.10 bits per heavy atom. The molecule has 1 N–H and O–H groups in total. The van der Waals surface area contributed by atoms with Crippen LogP contribution < -0.4 is 5.32 Å². The van der Waals surface area contributed by atoms with E-state index in [9.17, 15) is 4.79 Å². The molecule has 0 radical (unpaired) electrons. The second-order valence-corrected chi connectivity index (χ2v) is 8.08. The van der Waals surface area contributed by atoms with Gasteiger partial charge in [-0.3, -0.25) is 4.79 Å². The summed E-state index contributed by atoms with van der Waals surface area (Å²) in [5.74, 6) is 2.70. The fourth-order valence-electron chi connectivity index (χ4n) is 5.21. The quantitative estimate of drug-likeness (QED) is 0.865. The molecule has 4 bridgehead atoms. The van der Waals surface area contributed by atoms with Crippen molar-refractivity contribution < 1.29 is 4.79 Å². The van der Waals surface area contributed by atoms with E-state index in [4.69, 9.17) is 0 Å². The standard InChI is InChI=1S/C17H20BrNO/c18-15-3-1-2-14(7-15)16(20)19-17-8-11-4-12(9-17)6-13(5-11)10-17/h1-3,7,11-13H,4-6,8-10H2,(H,19,20). The Balaban J connectivity index is 1.55. The Morgan fingerprint density at radius 2 is 1.70 bits per heavy atom. The van der Waals surface area contributed by atoms with E-state index in [0.717, 1.165) is 27.8 Å². The fraction of sp³-hybridized carbons (Fsp3) is 0.588. The van der Waals surface area contributed by atoms with Gasteiger partial charge in [0.15, 0.2) is 0 Å². The van der Waals surface area contributed by atoms with E-state index in [2.05, 4.69) is 21.2 Å². The molecule has 3 heteroatoms. The normalized spacial score (nSPS) is 38.0. The Morgan fingerprint density at radius 3 is 2.25 bits per heavy atom. The Labute approximate surface area is 128 Å². The summed E-state index contributed by atoms with van der Waals surface area (Å²) in [6.07, 6.45) is 7.85.